The Bertz CT molecular complexity index is 1340. The van der Waals surface area contributed by atoms with Crippen molar-refractivity contribution in [3.8, 4) is 32.5 Å². The first kappa shape index (κ1) is 29.6. The Kier molecular flexibility index (Phi) is 11.4. The van der Waals surface area contributed by atoms with E-state index >= 15 is 0 Å². The Morgan fingerprint density at radius 2 is 1.45 bits per heavy atom. The first-order valence-corrected chi connectivity index (χ1v) is 14.4. The number of rotatable bonds is 16. The number of methoxy groups -OCH3 is 2. The lowest BCUT2D eigenvalue weighted by atomic mass is 10.1. The molecule has 0 amide bonds. The minimum absolute atomic E-state index is 0.337. The van der Waals surface area contributed by atoms with E-state index in [0.717, 1.165) is 26.7 Å². The van der Waals surface area contributed by atoms with Crippen LogP contribution in [0.2, 0.25) is 0 Å². The molecule has 2 aromatic carbocycles. The summed E-state index contributed by atoms with van der Waals surface area (Å²) in [7, 11) is 3.26. The second-order valence-electron chi connectivity index (χ2n) is 8.38. The molecule has 10 nitrogen and oxygen atoms in total. The number of nitrogens with two attached hydrogens (primary N) is 2. The topological polar surface area (TPSA) is 137 Å². The summed E-state index contributed by atoms with van der Waals surface area (Å²) < 4.78 is 27.5. The molecule has 0 spiro atoms. The Morgan fingerprint density at radius 1 is 0.750 bits per heavy atom. The summed E-state index contributed by atoms with van der Waals surface area (Å²) in [6.07, 6.45) is 0. The summed E-state index contributed by atoms with van der Waals surface area (Å²) in [5.41, 5.74) is 14.6. The molecule has 0 atom stereocenters. The lowest BCUT2D eigenvalue weighted by molar-refractivity contribution is 0.0178. The Hall–Kier alpha value is -3.42. The molecule has 0 fully saturated rings. The summed E-state index contributed by atoms with van der Waals surface area (Å²) in [4.78, 5) is 14.6. The van der Waals surface area contributed by atoms with E-state index in [1.54, 1.807) is 25.6 Å². The van der Waals surface area contributed by atoms with Gasteiger partial charge in [-0.1, -0.05) is 42.1 Å². The molecule has 2 aromatic heterocycles. The van der Waals surface area contributed by atoms with Gasteiger partial charge in [-0.2, -0.15) is 0 Å². The summed E-state index contributed by atoms with van der Waals surface area (Å²) in [5.74, 6) is 2.48. The number of nitrogens with zero attached hydrogens (tertiary/aromatic N) is 3. The fourth-order valence-corrected chi connectivity index (χ4v) is 5.63. The van der Waals surface area contributed by atoms with Crippen molar-refractivity contribution in [3.05, 3.63) is 60.3 Å². The van der Waals surface area contributed by atoms with E-state index < -0.39 is 0 Å². The standard InChI is InChI=1S/C28H33N5O5S2/c1-34-10-11-36-12-13-37-14-15-38-23-16-20(8-9-22(23)35-2)27-31-21(26(40-27)19-6-4-3-5-7-19)18-39-28-32-24(29)17-25(30)33-28/h3-9,16-17H,10-15,18H2,1-2H3,(H4,29,30,32,33). The summed E-state index contributed by atoms with van der Waals surface area (Å²) in [6, 6.07) is 17.5. The van der Waals surface area contributed by atoms with Gasteiger partial charge < -0.3 is 35.2 Å². The van der Waals surface area contributed by atoms with Gasteiger partial charge >= 0.3 is 0 Å². The van der Waals surface area contributed by atoms with Crippen molar-refractivity contribution in [2.45, 2.75) is 10.9 Å². The van der Waals surface area contributed by atoms with Crippen molar-refractivity contribution >= 4 is 34.7 Å². The van der Waals surface area contributed by atoms with Crippen molar-refractivity contribution in [2.75, 3.05) is 65.3 Å². The maximum Gasteiger partial charge on any atom is 0.191 e. The molecule has 40 heavy (non-hydrogen) atoms. The van der Waals surface area contributed by atoms with Crippen molar-refractivity contribution < 1.29 is 23.7 Å². The van der Waals surface area contributed by atoms with Gasteiger partial charge in [0, 0.05) is 24.5 Å². The lowest BCUT2D eigenvalue weighted by Crippen LogP contribution is -2.12. The van der Waals surface area contributed by atoms with Crippen LogP contribution in [0.5, 0.6) is 11.5 Å². The Morgan fingerprint density at radius 3 is 2.15 bits per heavy atom. The van der Waals surface area contributed by atoms with E-state index in [9.17, 15) is 0 Å². The zero-order valence-corrected chi connectivity index (χ0v) is 24.1. The molecule has 4 rings (SSSR count). The number of anilines is 2. The predicted octanol–water partition coefficient (Wildman–Crippen LogP) is 4.79. The minimum Gasteiger partial charge on any atom is -0.493 e. The Labute approximate surface area is 242 Å². The molecular weight excluding hydrogens is 550 g/mol. The highest BCUT2D eigenvalue weighted by atomic mass is 32.2. The van der Waals surface area contributed by atoms with E-state index in [0.29, 0.717) is 73.7 Å². The van der Waals surface area contributed by atoms with E-state index in [1.165, 1.54) is 17.8 Å². The van der Waals surface area contributed by atoms with Crippen molar-refractivity contribution in [1.29, 1.82) is 0 Å². The summed E-state index contributed by atoms with van der Waals surface area (Å²) >= 11 is 3.05. The highest BCUT2D eigenvalue weighted by molar-refractivity contribution is 7.98. The number of aromatic nitrogens is 3. The van der Waals surface area contributed by atoms with Gasteiger partial charge in [0.05, 0.1) is 50.7 Å². The van der Waals surface area contributed by atoms with Crippen molar-refractivity contribution in [1.82, 2.24) is 15.0 Å². The van der Waals surface area contributed by atoms with Gasteiger partial charge in [0.25, 0.3) is 0 Å². The van der Waals surface area contributed by atoms with Crippen molar-refractivity contribution in [2.24, 2.45) is 0 Å². The van der Waals surface area contributed by atoms with Crippen LogP contribution in [-0.2, 0) is 20.0 Å². The molecular formula is C28H33N5O5S2. The molecule has 212 valence electrons. The van der Waals surface area contributed by atoms with Gasteiger partial charge in [-0.05, 0) is 23.8 Å². The minimum atomic E-state index is 0.337. The molecule has 0 bridgehead atoms. The van der Waals surface area contributed by atoms with Crippen molar-refractivity contribution in [3.63, 3.8) is 0 Å². The number of hydrogen-bond acceptors (Lipinski definition) is 12. The molecule has 0 saturated carbocycles. The SMILES string of the molecule is COCCOCCOCCOc1cc(-c2nc(CSc3nc(N)cc(N)n3)c(-c3ccccc3)s2)ccc1OC. The summed E-state index contributed by atoms with van der Waals surface area (Å²) in [5, 5.41) is 1.37. The number of thiazole rings is 1. The predicted molar refractivity (Wildman–Crippen MR) is 159 cm³/mol. The molecule has 0 aliphatic carbocycles. The first-order valence-electron chi connectivity index (χ1n) is 12.6. The number of hydrogen-bond donors (Lipinski definition) is 2. The lowest BCUT2D eigenvalue weighted by Gasteiger charge is -2.12. The molecule has 0 aliphatic rings. The quantitative estimate of drug-likeness (QED) is 0.107. The van der Waals surface area contributed by atoms with E-state index in [4.69, 9.17) is 40.1 Å². The monoisotopic (exact) mass is 583 g/mol. The zero-order chi connectivity index (χ0) is 28.2. The molecule has 0 saturated heterocycles. The van der Waals surface area contributed by atoms with E-state index in [-0.39, 0.29) is 0 Å². The van der Waals surface area contributed by atoms with Crippen LogP contribution in [0.3, 0.4) is 0 Å². The third-order valence-electron chi connectivity index (χ3n) is 5.52. The molecule has 4 N–H and O–H groups in total. The number of benzene rings is 2. The van der Waals surface area contributed by atoms with E-state index in [1.807, 2.05) is 36.4 Å². The van der Waals surface area contributed by atoms with Gasteiger partial charge in [0.15, 0.2) is 16.7 Å². The van der Waals surface area contributed by atoms with Gasteiger partial charge in [-0.15, -0.1) is 11.3 Å². The summed E-state index contributed by atoms with van der Waals surface area (Å²) in [6.45, 7) is 2.90. The van der Waals surface area contributed by atoms with Crippen LogP contribution in [0, 0.1) is 0 Å². The van der Waals surface area contributed by atoms with Crippen LogP contribution in [-0.4, -0.2) is 68.8 Å². The second-order valence-corrected chi connectivity index (χ2v) is 10.3. The van der Waals surface area contributed by atoms with Gasteiger partial charge in [0.1, 0.15) is 23.3 Å². The van der Waals surface area contributed by atoms with Crippen LogP contribution in [0.15, 0.2) is 59.8 Å². The normalized spacial score (nSPS) is 11.1. The largest absolute Gasteiger partial charge is 0.493 e. The third kappa shape index (κ3) is 8.54. The van der Waals surface area contributed by atoms with Crippen LogP contribution in [0.1, 0.15) is 5.69 Å². The average molecular weight is 584 g/mol. The molecule has 0 unspecified atom stereocenters. The number of ether oxygens (including phenoxy) is 5. The fraction of sp³-hybridized carbons (Fsp3) is 0.321. The first-order chi connectivity index (χ1) is 19.6. The van der Waals surface area contributed by atoms with Crippen LogP contribution in [0.4, 0.5) is 11.6 Å². The highest BCUT2D eigenvalue weighted by Crippen LogP contribution is 2.40. The fourth-order valence-electron chi connectivity index (χ4n) is 3.64. The maximum absolute atomic E-state index is 6.01. The molecule has 0 aliphatic heterocycles. The van der Waals surface area contributed by atoms with Crippen LogP contribution in [0.25, 0.3) is 21.0 Å². The molecule has 0 radical (unpaired) electrons. The maximum atomic E-state index is 6.01. The van der Waals surface area contributed by atoms with E-state index in [2.05, 4.69) is 22.1 Å². The molecule has 4 aromatic rings. The highest BCUT2D eigenvalue weighted by Gasteiger charge is 2.17. The van der Waals surface area contributed by atoms with Crippen LogP contribution < -0.4 is 20.9 Å². The smallest absolute Gasteiger partial charge is 0.191 e. The number of nitrogen functional groups attached to an aromatic ring is 2. The molecule has 12 heteroatoms. The third-order valence-corrected chi connectivity index (χ3v) is 7.57. The second kappa shape index (κ2) is 15.4. The number of thioether (sulfide) groups is 1. The van der Waals surface area contributed by atoms with Gasteiger partial charge in [-0.3, -0.25) is 0 Å². The van der Waals surface area contributed by atoms with Gasteiger partial charge in [-0.25, -0.2) is 15.0 Å². The van der Waals surface area contributed by atoms with Crippen LogP contribution >= 0.6 is 23.1 Å². The Balaban J connectivity index is 1.48. The van der Waals surface area contributed by atoms with Gasteiger partial charge in [0.2, 0.25) is 0 Å². The average Bonchev–Trinajstić information content (AvgIpc) is 3.39. The molecule has 2 heterocycles. The zero-order valence-electron chi connectivity index (χ0n) is 22.5.